The van der Waals surface area contributed by atoms with Crippen molar-refractivity contribution < 1.29 is 0 Å². The van der Waals surface area contributed by atoms with Gasteiger partial charge < -0.3 is 5.32 Å². The quantitative estimate of drug-likeness (QED) is 0.808. The highest BCUT2D eigenvalue weighted by molar-refractivity contribution is 7.12. The Morgan fingerprint density at radius 3 is 2.37 bits per heavy atom. The molecule has 0 saturated heterocycles. The van der Waals surface area contributed by atoms with Gasteiger partial charge in [-0.05, 0) is 50.9 Å². The Labute approximate surface area is 120 Å². The van der Waals surface area contributed by atoms with Crippen molar-refractivity contribution in [2.45, 2.75) is 39.7 Å². The van der Waals surface area contributed by atoms with Crippen LogP contribution in [0.25, 0.3) is 0 Å². The van der Waals surface area contributed by atoms with Gasteiger partial charge in [0.05, 0.1) is 0 Å². The molecule has 2 aromatic rings. The van der Waals surface area contributed by atoms with Crippen molar-refractivity contribution in [3.8, 4) is 0 Å². The Hall–Kier alpha value is -1.12. The second-order valence-electron chi connectivity index (χ2n) is 5.14. The van der Waals surface area contributed by atoms with E-state index in [4.69, 9.17) is 0 Å². The Balaban J connectivity index is 2.11. The molecule has 0 aliphatic heterocycles. The average Bonchev–Trinajstić information content (AvgIpc) is 2.83. The summed E-state index contributed by atoms with van der Waals surface area (Å²) in [6.45, 7) is 7.61. The Morgan fingerprint density at radius 2 is 1.79 bits per heavy atom. The minimum absolute atomic E-state index is 0.446. The maximum absolute atomic E-state index is 3.67. The van der Waals surface area contributed by atoms with Gasteiger partial charge >= 0.3 is 0 Å². The molecular formula is C17H23NS. The number of aryl methyl sites for hydroxylation is 2. The third-order valence-electron chi connectivity index (χ3n) is 3.31. The molecule has 1 unspecified atom stereocenters. The van der Waals surface area contributed by atoms with Gasteiger partial charge in [0.1, 0.15) is 0 Å². The van der Waals surface area contributed by atoms with Crippen LogP contribution in [0, 0.1) is 13.8 Å². The highest BCUT2D eigenvalue weighted by Crippen LogP contribution is 2.25. The summed E-state index contributed by atoms with van der Waals surface area (Å²) in [7, 11) is 0. The Kier molecular flexibility index (Phi) is 5.17. The summed E-state index contributed by atoms with van der Waals surface area (Å²) >= 11 is 1.91. The van der Waals surface area contributed by atoms with Crippen molar-refractivity contribution in [2.75, 3.05) is 6.54 Å². The van der Waals surface area contributed by atoms with E-state index in [9.17, 15) is 0 Å². The fraction of sp³-hybridized carbons (Fsp3) is 0.412. The van der Waals surface area contributed by atoms with E-state index in [0.29, 0.717) is 6.04 Å². The third kappa shape index (κ3) is 4.19. The number of benzene rings is 1. The van der Waals surface area contributed by atoms with Crippen LogP contribution >= 0.6 is 11.3 Å². The molecular weight excluding hydrogens is 250 g/mol. The van der Waals surface area contributed by atoms with E-state index >= 15 is 0 Å². The lowest BCUT2D eigenvalue weighted by Crippen LogP contribution is -2.23. The summed E-state index contributed by atoms with van der Waals surface area (Å²) in [6, 6.07) is 13.8. The molecule has 2 rings (SSSR count). The van der Waals surface area contributed by atoms with Crippen LogP contribution in [0.4, 0.5) is 0 Å². The minimum atomic E-state index is 0.446. The molecule has 1 aromatic heterocycles. The van der Waals surface area contributed by atoms with E-state index in [0.717, 1.165) is 13.0 Å². The molecule has 2 heteroatoms. The molecule has 0 aliphatic carbocycles. The first-order valence-corrected chi connectivity index (χ1v) is 7.86. The van der Waals surface area contributed by atoms with Crippen LogP contribution in [0.5, 0.6) is 0 Å². The molecule has 0 amide bonds. The van der Waals surface area contributed by atoms with Crippen LogP contribution in [0.3, 0.4) is 0 Å². The van der Waals surface area contributed by atoms with Crippen LogP contribution in [0.15, 0.2) is 36.4 Å². The fourth-order valence-electron chi connectivity index (χ4n) is 2.19. The molecule has 1 nitrogen and oxygen atoms in total. The molecule has 1 atom stereocenters. The number of rotatable bonds is 6. The van der Waals surface area contributed by atoms with Gasteiger partial charge in [0.15, 0.2) is 0 Å². The largest absolute Gasteiger partial charge is 0.309 e. The normalized spacial score (nSPS) is 12.6. The number of hydrogen-bond acceptors (Lipinski definition) is 2. The van der Waals surface area contributed by atoms with E-state index in [1.807, 2.05) is 11.3 Å². The van der Waals surface area contributed by atoms with E-state index in [1.54, 1.807) is 0 Å². The van der Waals surface area contributed by atoms with Crippen LogP contribution in [0.2, 0.25) is 0 Å². The molecule has 0 spiro atoms. The topological polar surface area (TPSA) is 12.0 Å². The molecule has 1 aromatic carbocycles. The SMILES string of the molecule is CCCNC(Cc1ccc(C)cc1)c1ccc(C)s1. The van der Waals surface area contributed by atoms with Crippen molar-refractivity contribution in [1.82, 2.24) is 5.32 Å². The summed E-state index contributed by atoms with van der Waals surface area (Å²) < 4.78 is 0. The summed E-state index contributed by atoms with van der Waals surface area (Å²) in [5.74, 6) is 0. The summed E-state index contributed by atoms with van der Waals surface area (Å²) in [5.41, 5.74) is 2.74. The van der Waals surface area contributed by atoms with Gasteiger partial charge in [0.2, 0.25) is 0 Å². The zero-order valence-electron chi connectivity index (χ0n) is 12.1. The van der Waals surface area contributed by atoms with Gasteiger partial charge in [-0.25, -0.2) is 0 Å². The van der Waals surface area contributed by atoms with Gasteiger partial charge in [0.25, 0.3) is 0 Å². The predicted molar refractivity (Wildman–Crippen MR) is 85.0 cm³/mol. The van der Waals surface area contributed by atoms with Gasteiger partial charge in [-0.15, -0.1) is 11.3 Å². The van der Waals surface area contributed by atoms with E-state index < -0.39 is 0 Å². The van der Waals surface area contributed by atoms with Crippen molar-refractivity contribution in [3.63, 3.8) is 0 Å². The van der Waals surface area contributed by atoms with Crippen molar-refractivity contribution in [2.24, 2.45) is 0 Å². The molecule has 0 bridgehead atoms. The first-order valence-electron chi connectivity index (χ1n) is 7.04. The highest BCUT2D eigenvalue weighted by Gasteiger charge is 2.13. The standard InChI is InChI=1S/C17H23NS/c1-4-11-18-16(17-10-7-14(3)19-17)12-15-8-5-13(2)6-9-15/h5-10,16,18H,4,11-12H2,1-3H3. The van der Waals surface area contributed by atoms with E-state index in [-0.39, 0.29) is 0 Å². The van der Waals surface area contributed by atoms with Crippen molar-refractivity contribution in [1.29, 1.82) is 0 Å². The number of thiophene rings is 1. The minimum Gasteiger partial charge on any atom is -0.309 e. The molecule has 0 radical (unpaired) electrons. The Morgan fingerprint density at radius 1 is 1.05 bits per heavy atom. The number of nitrogens with one attached hydrogen (secondary N) is 1. The highest BCUT2D eigenvalue weighted by atomic mass is 32.1. The average molecular weight is 273 g/mol. The molecule has 102 valence electrons. The molecule has 0 saturated carbocycles. The molecule has 1 heterocycles. The van der Waals surface area contributed by atoms with Crippen LogP contribution in [0.1, 0.15) is 40.3 Å². The van der Waals surface area contributed by atoms with Crippen molar-refractivity contribution >= 4 is 11.3 Å². The smallest absolute Gasteiger partial charge is 0.0455 e. The molecule has 19 heavy (non-hydrogen) atoms. The van der Waals surface area contributed by atoms with E-state index in [2.05, 4.69) is 62.5 Å². The predicted octanol–water partition coefficient (Wildman–Crippen LogP) is 4.65. The lowest BCUT2D eigenvalue weighted by Gasteiger charge is -2.17. The van der Waals surface area contributed by atoms with Crippen LogP contribution < -0.4 is 5.32 Å². The monoisotopic (exact) mass is 273 g/mol. The summed E-state index contributed by atoms with van der Waals surface area (Å²) in [4.78, 5) is 2.84. The second kappa shape index (κ2) is 6.88. The maximum atomic E-state index is 3.67. The zero-order valence-corrected chi connectivity index (χ0v) is 12.9. The van der Waals surface area contributed by atoms with Gasteiger partial charge in [0, 0.05) is 15.8 Å². The van der Waals surface area contributed by atoms with Crippen LogP contribution in [-0.4, -0.2) is 6.54 Å². The fourth-order valence-corrected chi connectivity index (χ4v) is 3.15. The van der Waals surface area contributed by atoms with Crippen LogP contribution in [-0.2, 0) is 6.42 Å². The third-order valence-corrected chi connectivity index (χ3v) is 4.42. The van der Waals surface area contributed by atoms with Gasteiger partial charge in [-0.3, -0.25) is 0 Å². The first kappa shape index (κ1) is 14.3. The maximum Gasteiger partial charge on any atom is 0.0455 e. The van der Waals surface area contributed by atoms with Gasteiger partial charge in [-0.1, -0.05) is 36.8 Å². The Bertz CT molecular complexity index is 498. The number of hydrogen-bond donors (Lipinski definition) is 1. The molecule has 1 N–H and O–H groups in total. The van der Waals surface area contributed by atoms with Crippen molar-refractivity contribution in [3.05, 3.63) is 57.3 Å². The van der Waals surface area contributed by atoms with Gasteiger partial charge in [-0.2, -0.15) is 0 Å². The first-order chi connectivity index (χ1) is 9.19. The zero-order chi connectivity index (χ0) is 13.7. The molecule has 0 aliphatic rings. The summed E-state index contributed by atoms with van der Waals surface area (Å²) in [5, 5.41) is 3.67. The molecule has 0 fully saturated rings. The summed E-state index contributed by atoms with van der Waals surface area (Å²) in [6.07, 6.45) is 2.25. The lowest BCUT2D eigenvalue weighted by molar-refractivity contribution is 0.536. The van der Waals surface area contributed by atoms with E-state index in [1.165, 1.54) is 27.3 Å². The second-order valence-corrected chi connectivity index (χ2v) is 6.46. The lowest BCUT2D eigenvalue weighted by atomic mass is 10.0.